The van der Waals surface area contributed by atoms with Gasteiger partial charge in [-0.15, -0.1) is 48.8 Å². The summed E-state index contributed by atoms with van der Waals surface area (Å²) < 4.78 is 25.3. The average molecular weight is 633 g/mol. The van der Waals surface area contributed by atoms with Gasteiger partial charge in [0.25, 0.3) is 0 Å². The molecule has 0 aliphatic heterocycles. The molecule has 0 N–H and O–H groups in total. The van der Waals surface area contributed by atoms with Gasteiger partial charge in [0.05, 0.1) is 0 Å². The second-order valence-electron chi connectivity index (χ2n) is 7.34. The molecule has 0 fully saturated rings. The Morgan fingerprint density at radius 3 is 1.22 bits per heavy atom. The average Bonchev–Trinajstić information content (AvgIpc) is 3.51. The van der Waals surface area contributed by atoms with Crippen molar-refractivity contribution in [2.24, 2.45) is 0 Å². The van der Waals surface area contributed by atoms with Gasteiger partial charge >= 0.3 is 30.2 Å². The van der Waals surface area contributed by atoms with Crippen molar-refractivity contribution in [2.45, 2.75) is 26.7 Å². The molecule has 0 amide bonds. The molecule has 0 saturated carbocycles. The van der Waals surface area contributed by atoms with E-state index < -0.39 is 0 Å². The maximum absolute atomic E-state index is 12.6. The molecule has 0 spiro atoms. The summed E-state index contributed by atoms with van der Waals surface area (Å²) in [6.45, 7) is 6.01. The van der Waals surface area contributed by atoms with E-state index in [2.05, 4.69) is 30.4 Å². The maximum Gasteiger partial charge on any atom is -0.171 e. The van der Waals surface area contributed by atoms with Gasteiger partial charge in [0, 0.05) is 0 Å². The molecule has 0 unspecified atom stereocenters. The first-order valence-electron chi connectivity index (χ1n) is 10.9. The van der Waals surface area contributed by atoms with Crippen molar-refractivity contribution in [3.05, 3.63) is 151 Å². The van der Waals surface area contributed by atoms with Crippen LogP contribution in [0.3, 0.4) is 0 Å². The van der Waals surface area contributed by atoms with E-state index >= 15 is 0 Å². The third-order valence-electron chi connectivity index (χ3n) is 5.07. The number of hydrogen-bond donors (Lipinski definition) is 0. The Labute approximate surface area is 250 Å². The van der Waals surface area contributed by atoms with Gasteiger partial charge < -0.3 is 7.43 Å². The van der Waals surface area contributed by atoms with Crippen LogP contribution in [0.4, 0.5) is 8.78 Å². The molecule has 2 aliphatic rings. The fourth-order valence-corrected chi connectivity index (χ4v) is 3.38. The van der Waals surface area contributed by atoms with E-state index in [-0.39, 0.29) is 43.9 Å². The van der Waals surface area contributed by atoms with E-state index in [1.54, 1.807) is 47.6 Å². The van der Waals surface area contributed by atoms with Gasteiger partial charge in [-0.2, -0.15) is 59.7 Å². The van der Waals surface area contributed by atoms with Crippen LogP contribution in [0.25, 0.3) is 11.1 Å². The van der Waals surface area contributed by atoms with Gasteiger partial charge in [-0.25, -0.2) is 19.9 Å². The second-order valence-corrected chi connectivity index (χ2v) is 7.34. The summed E-state index contributed by atoms with van der Waals surface area (Å²) in [6, 6.07) is 25.7. The van der Waals surface area contributed by atoms with E-state index in [4.69, 9.17) is 0 Å². The topological polar surface area (TPSA) is 0 Å². The number of hydrogen-bond acceptors (Lipinski definition) is 0. The molecular formula is C31H32Cl2F2SiZr-4. The standard InChI is InChI=1S/2C12H10F.C6H5.CH3.2ClH.H2Si.Zr/c2*1-9-3-2-4-12(9)10-5-7-11(13)8-6-10;1-2-4-6-5-3-1;;;;;/h2*4-8H,2H2,1H3;1-5H;1H3;2*1H;1H2;/q4*-1;;;;. The Kier molecular flexibility index (Phi) is 21.3. The predicted octanol–water partition coefficient (Wildman–Crippen LogP) is 8.59. The van der Waals surface area contributed by atoms with Crippen molar-refractivity contribution in [2.75, 3.05) is 0 Å². The maximum atomic E-state index is 12.6. The second kappa shape index (κ2) is 21.1. The van der Waals surface area contributed by atoms with Crippen LogP contribution in [0, 0.1) is 37.3 Å². The van der Waals surface area contributed by atoms with Crippen LogP contribution >= 0.6 is 24.8 Å². The van der Waals surface area contributed by atoms with Crippen molar-refractivity contribution in [1.29, 1.82) is 0 Å². The Hall–Kier alpha value is -1.84. The first kappa shape index (κ1) is 37.3. The van der Waals surface area contributed by atoms with Crippen LogP contribution in [0.15, 0.2) is 102 Å². The molecule has 5 rings (SSSR count). The number of rotatable bonds is 2. The van der Waals surface area contributed by atoms with Crippen LogP contribution < -0.4 is 0 Å². The van der Waals surface area contributed by atoms with E-state index in [1.807, 2.05) is 51.1 Å². The van der Waals surface area contributed by atoms with Crippen LogP contribution in [0.1, 0.15) is 37.8 Å². The molecule has 3 aromatic carbocycles. The molecule has 0 nitrogen and oxygen atoms in total. The van der Waals surface area contributed by atoms with Crippen LogP contribution in [0.2, 0.25) is 0 Å². The molecule has 0 saturated heterocycles. The van der Waals surface area contributed by atoms with E-state index in [9.17, 15) is 8.78 Å². The smallest absolute Gasteiger partial charge is 0.171 e. The zero-order valence-corrected chi connectivity index (χ0v) is 26.9. The van der Waals surface area contributed by atoms with Gasteiger partial charge in [0.1, 0.15) is 11.6 Å². The Bertz CT molecular complexity index is 1050. The molecule has 0 radical (unpaired) electrons. The quantitative estimate of drug-likeness (QED) is 0.196. The van der Waals surface area contributed by atoms with Gasteiger partial charge in [-0.1, -0.05) is 38.1 Å². The fraction of sp³-hybridized carbons (Fsp3) is 0.129. The summed E-state index contributed by atoms with van der Waals surface area (Å²) in [5.41, 5.74) is 6.83. The zero-order valence-electron chi connectivity index (χ0n) is 21.4. The predicted molar refractivity (Wildman–Crippen MR) is 158 cm³/mol. The molecule has 0 heterocycles. The number of benzene rings is 3. The van der Waals surface area contributed by atoms with Gasteiger partial charge in [0.15, 0.2) is 0 Å². The summed E-state index contributed by atoms with van der Waals surface area (Å²) in [6.07, 6.45) is 12.4. The van der Waals surface area contributed by atoms with E-state index in [0.29, 0.717) is 0 Å². The molecule has 0 bridgehead atoms. The van der Waals surface area contributed by atoms with Crippen molar-refractivity contribution in [3.63, 3.8) is 0 Å². The molecule has 6 heteroatoms. The van der Waals surface area contributed by atoms with Gasteiger partial charge in [-0.05, 0) is 24.3 Å². The molecule has 0 aromatic heterocycles. The van der Waals surface area contributed by atoms with Crippen LogP contribution in [-0.2, 0) is 23.3 Å². The third-order valence-corrected chi connectivity index (χ3v) is 5.07. The number of halogens is 4. The normalized spacial score (nSPS) is 12.3. The zero-order chi connectivity index (χ0) is 24.8. The summed E-state index contributed by atoms with van der Waals surface area (Å²) in [7, 11) is 0. The van der Waals surface area contributed by atoms with Crippen LogP contribution in [-0.4, -0.2) is 6.88 Å². The Morgan fingerprint density at radius 2 is 1.00 bits per heavy atom. The monoisotopic (exact) mass is 630 g/mol. The first-order chi connectivity index (χ1) is 16.5. The summed E-state index contributed by atoms with van der Waals surface area (Å²) >= 11 is 1.58. The SMILES string of the molecule is CC1=[C-]CC=C1c1ccc(F)cc1.CC1=[C-]CC=C1c1ccc(F)cc1.Cl.Cl.[CH3-].[SiH2]=[Zr].[c-]1ccccc1. The molecule has 0 atom stereocenters. The summed E-state index contributed by atoms with van der Waals surface area (Å²) in [5, 5.41) is 0. The number of allylic oxidation sites excluding steroid dienone is 8. The molecule has 196 valence electrons. The fourth-order valence-electron chi connectivity index (χ4n) is 3.38. The van der Waals surface area contributed by atoms with Crippen molar-refractivity contribution < 1.29 is 32.1 Å². The van der Waals surface area contributed by atoms with E-state index in [1.165, 1.54) is 35.4 Å². The van der Waals surface area contributed by atoms with Gasteiger partial charge in [0.2, 0.25) is 0 Å². The molecule has 2 aliphatic carbocycles. The summed E-state index contributed by atoms with van der Waals surface area (Å²) in [5.74, 6) is -0.374. The van der Waals surface area contributed by atoms with Crippen LogP contribution in [0.5, 0.6) is 0 Å². The Morgan fingerprint density at radius 1 is 0.649 bits per heavy atom. The molecule has 3 aromatic rings. The molecular weight excluding hydrogens is 601 g/mol. The third kappa shape index (κ3) is 13.0. The van der Waals surface area contributed by atoms with Crippen molar-refractivity contribution in [3.8, 4) is 0 Å². The minimum atomic E-state index is -0.187. The first-order valence-corrected chi connectivity index (χ1v) is 16.8. The van der Waals surface area contributed by atoms with Crippen molar-refractivity contribution >= 4 is 42.8 Å². The minimum Gasteiger partial charge on any atom is -0.184 e. The Balaban J connectivity index is 0. The van der Waals surface area contributed by atoms with Crippen molar-refractivity contribution in [1.82, 2.24) is 0 Å². The largest absolute Gasteiger partial charge is 0.184 e. The summed E-state index contributed by atoms with van der Waals surface area (Å²) in [4.78, 5) is 0. The van der Waals surface area contributed by atoms with Gasteiger partial charge in [-0.3, -0.25) is 12.2 Å². The molecule has 37 heavy (non-hydrogen) atoms. The minimum absolute atomic E-state index is 0. The van der Waals surface area contributed by atoms with E-state index in [0.717, 1.165) is 35.1 Å².